The molecule has 0 spiro atoms. The van der Waals surface area contributed by atoms with Gasteiger partial charge in [-0.05, 0) is 30.7 Å². The maximum Gasteiger partial charge on any atom is 0.0475 e. The third-order valence-electron chi connectivity index (χ3n) is 4.85. The maximum absolute atomic E-state index is 5.97. The lowest BCUT2D eigenvalue weighted by molar-refractivity contribution is 0.0218. The lowest BCUT2D eigenvalue weighted by Crippen LogP contribution is -2.57. The van der Waals surface area contributed by atoms with Crippen molar-refractivity contribution in [1.29, 1.82) is 0 Å². The van der Waals surface area contributed by atoms with Gasteiger partial charge in [0.15, 0.2) is 0 Å². The Hall–Kier alpha value is -0.940. The van der Waals surface area contributed by atoms with Crippen LogP contribution in [0, 0.1) is 5.92 Å². The lowest BCUT2D eigenvalue weighted by Gasteiger charge is -2.46. The normalized spacial score (nSPS) is 20.9. The van der Waals surface area contributed by atoms with Gasteiger partial charge in [0.05, 0.1) is 0 Å². The zero-order valence-corrected chi connectivity index (χ0v) is 13.2. The number of methoxy groups -OCH3 is 1. The summed E-state index contributed by atoms with van der Waals surface area (Å²) >= 11 is 0. The average molecular weight is 292 g/mol. The Morgan fingerprint density at radius 1 is 1.29 bits per heavy atom. The highest BCUT2D eigenvalue weighted by Crippen LogP contribution is 2.41. The van der Waals surface area contributed by atoms with Crippen LogP contribution in [0.5, 0.6) is 0 Å². The number of hydrazine groups is 1. The van der Waals surface area contributed by atoms with Crippen molar-refractivity contribution in [1.82, 2.24) is 5.43 Å². The van der Waals surface area contributed by atoms with E-state index in [2.05, 4.69) is 42.7 Å². The molecule has 0 bridgehead atoms. The molecule has 2 unspecified atom stereocenters. The molecule has 2 atom stereocenters. The van der Waals surface area contributed by atoms with Gasteiger partial charge >= 0.3 is 0 Å². The number of hydrogen-bond acceptors (Lipinski definition) is 4. The van der Waals surface area contributed by atoms with E-state index in [9.17, 15) is 0 Å². The summed E-state index contributed by atoms with van der Waals surface area (Å²) in [5.74, 6) is 6.41. The van der Waals surface area contributed by atoms with Gasteiger partial charge in [-0.2, -0.15) is 0 Å². The van der Waals surface area contributed by atoms with E-state index in [1.807, 2.05) is 0 Å². The molecule has 0 aliphatic carbocycles. The van der Waals surface area contributed by atoms with Crippen LogP contribution >= 0.6 is 0 Å². The molecule has 21 heavy (non-hydrogen) atoms. The first-order valence-corrected chi connectivity index (χ1v) is 7.83. The second-order valence-electron chi connectivity index (χ2n) is 6.04. The predicted octanol–water partition coefficient (Wildman–Crippen LogP) is 2.24. The van der Waals surface area contributed by atoms with Gasteiger partial charge < -0.3 is 9.47 Å². The molecule has 1 fully saturated rings. The number of hydrogen-bond donors (Lipinski definition) is 2. The van der Waals surface area contributed by atoms with Crippen molar-refractivity contribution >= 4 is 0 Å². The summed E-state index contributed by atoms with van der Waals surface area (Å²) < 4.78 is 10.8. The second kappa shape index (κ2) is 7.90. The minimum absolute atomic E-state index is 0.0431. The van der Waals surface area contributed by atoms with Crippen LogP contribution in [0.3, 0.4) is 0 Å². The molecule has 2 rings (SSSR count). The smallest absolute Gasteiger partial charge is 0.0475 e. The number of nitrogens with two attached hydrogens (primary N) is 1. The van der Waals surface area contributed by atoms with E-state index in [1.165, 1.54) is 5.56 Å². The molecule has 0 saturated carbocycles. The monoisotopic (exact) mass is 292 g/mol. The van der Waals surface area contributed by atoms with Gasteiger partial charge in [-0.15, -0.1) is 0 Å². The van der Waals surface area contributed by atoms with Crippen LogP contribution in [0.25, 0.3) is 0 Å². The minimum atomic E-state index is 0.0431. The summed E-state index contributed by atoms with van der Waals surface area (Å²) in [6.45, 7) is 4.61. The molecule has 1 aromatic rings. The van der Waals surface area contributed by atoms with Crippen molar-refractivity contribution in [2.45, 2.75) is 37.6 Å². The molecule has 1 saturated heterocycles. The highest BCUT2D eigenvalue weighted by molar-refractivity contribution is 5.29. The highest BCUT2D eigenvalue weighted by Gasteiger charge is 2.43. The Bertz CT molecular complexity index is 405. The number of ether oxygens (including phenoxy) is 2. The average Bonchev–Trinajstić information content (AvgIpc) is 2.55. The first-order chi connectivity index (χ1) is 10.2. The zero-order chi connectivity index (χ0) is 15.1. The molecule has 3 N–H and O–H groups in total. The molecule has 1 heterocycles. The van der Waals surface area contributed by atoms with Gasteiger partial charge in [-0.25, -0.2) is 0 Å². The zero-order valence-electron chi connectivity index (χ0n) is 13.2. The molecule has 0 aromatic heterocycles. The van der Waals surface area contributed by atoms with Gasteiger partial charge in [0, 0.05) is 38.4 Å². The highest BCUT2D eigenvalue weighted by atomic mass is 16.5. The number of rotatable bonds is 7. The van der Waals surface area contributed by atoms with E-state index >= 15 is 0 Å². The van der Waals surface area contributed by atoms with Crippen LogP contribution in [0.2, 0.25) is 0 Å². The molecule has 1 aliphatic rings. The van der Waals surface area contributed by atoms with Gasteiger partial charge in [-0.3, -0.25) is 11.3 Å². The molecule has 4 heteroatoms. The lowest BCUT2D eigenvalue weighted by atomic mass is 9.65. The molecule has 1 aliphatic heterocycles. The summed E-state index contributed by atoms with van der Waals surface area (Å²) in [6.07, 6.45) is 3.01. The molecular weight excluding hydrogens is 264 g/mol. The van der Waals surface area contributed by atoms with Crippen LogP contribution in [0.4, 0.5) is 0 Å². The fourth-order valence-electron chi connectivity index (χ4n) is 3.62. The van der Waals surface area contributed by atoms with Gasteiger partial charge in [0.25, 0.3) is 0 Å². The van der Waals surface area contributed by atoms with Gasteiger partial charge in [0.1, 0.15) is 0 Å². The quantitative estimate of drug-likeness (QED) is 0.598. The summed E-state index contributed by atoms with van der Waals surface area (Å²) in [4.78, 5) is 0. The van der Waals surface area contributed by atoms with E-state index in [0.717, 1.165) is 39.1 Å². The van der Waals surface area contributed by atoms with E-state index in [0.29, 0.717) is 5.92 Å². The fourth-order valence-corrected chi connectivity index (χ4v) is 3.62. The second-order valence-corrected chi connectivity index (χ2v) is 6.04. The third kappa shape index (κ3) is 3.64. The Labute approximate surface area is 128 Å². The Morgan fingerprint density at radius 3 is 2.52 bits per heavy atom. The Kier molecular flexibility index (Phi) is 6.18. The maximum atomic E-state index is 5.97. The first kappa shape index (κ1) is 16.4. The van der Waals surface area contributed by atoms with Crippen molar-refractivity contribution < 1.29 is 9.47 Å². The molecule has 0 radical (unpaired) electrons. The SMILES string of the molecule is COCCC(C)C(NN)C1(c2ccccc2)CCOCC1. The standard InChI is InChI=1S/C17H28N2O2/c1-14(8-11-20-2)16(19-18)17(9-12-21-13-10-17)15-6-4-3-5-7-15/h3-7,14,16,19H,8-13,18H2,1-2H3. The van der Waals surface area contributed by atoms with Crippen molar-refractivity contribution in [3.8, 4) is 0 Å². The van der Waals surface area contributed by atoms with Crippen molar-refractivity contribution in [3.63, 3.8) is 0 Å². The molecule has 1 aromatic carbocycles. The summed E-state index contributed by atoms with van der Waals surface area (Å²) in [5, 5.41) is 0. The van der Waals surface area contributed by atoms with Gasteiger partial charge in [0.2, 0.25) is 0 Å². The first-order valence-electron chi connectivity index (χ1n) is 7.83. The molecule has 118 valence electrons. The van der Waals surface area contributed by atoms with Crippen LogP contribution in [0.15, 0.2) is 30.3 Å². The molecular formula is C17H28N2O2. The van der Waals surface area contributed by atoms with Crippen molar-refractivity contribution in [3.05, 3.63) is 35.9 Å². The predicted molar refractivity (Wildman–Crippen MR) is 84.9 cm³/mol. The van der Waals surface area contributed by atoms with Crippen molar-refractivity contribution in [2.75, 3.05) is 26.9 Å². The van der Waals surface area contributed by atoms with E-state index in [4.69, 9.17) is 15.3 Å². The largest absolute Gasteiger partial charge is 0.385 e. The van der Waals surface area contributed by atoms with E-state index < -0.39 is 0 Å². The Balaban J connectivity index is 2.29. The van der Waals surface area contributed by atoms with Crippen molar-refractivity contribution in [2.24, 2.45) is 11.8 Å². The van der Waals surface area contributed by atoms with E-state index in [-0.39, 0.29) is 11.5 Å². The third-order valence-corrected chi connectivity index (χ3v) is 4.85. The van der Waals surface area contributed by atoms with E-state index in [1.54, 1.807) is 7.11 Å². The minimum Gasteiger partial charge on any atom is -0.385 e. The number of nitrogens with one attached hydrogen (secondary N) is 1. The van der Waals surface area contributed by atoms with Crippen LogP contribution in [0.1, 0.15) is 31.7 Å². The molecule has 4 nitrogen and oxygen atoms in total. The van der Waals surface area contributed by atoms with Crippen LogP contribution in [-0.4, -0.2) is 33.0 Å². The van der Waals surface area contributed by atoms with Gasteiger partial charge in [-0.1, -0.05) is 37.3 Å². The summed E-state index contributed by atoms with van der Waals surface area (Å²) in [6, 6.07) is 11.0. The number of benzene rings is 1. The Morgan fingerprint density at radius 2 is 1.95 bits per heavy atom. The molecule has 0 amide bonds. The summed E-state index contributed by atoms with van der Waals surface area (Å²) in [5.41, 5.74) is 4.51. The topological polar surface area (TPSA) is 56.5 Å². The van der Waals surface area contributed by atoms with Crippen LogP contribution in [-0.2, 0) is 14.9 Å². The summed E-state index contributed by atoms with van der Waals surface area (Å²) in [7, 11) is 1.75. The van der Waals surface area contributed by atoms with Crippen LogP contribution < -0.4 is 11.3 Å². The fraction of sp³-hybridized carbons (Fsp3) is 0.647.